The summed E-state index contributed by atoms with van der Waals surface area (Å²) in [4.78, 5) is 36.5. The molecule has 0 unspecified atom stereocenters. The average molecular weight is 396 g/mol. The van der Waals surface area contributed by atoms with Gasteiger partial charge in [0.15, 0.2) is 5.78 Å². The van der Waals surface area contributed by atoms with Gasteiger partial charge in [0.05, 0.1) is 24.2 Å². The summed E-state index contributed by atoms with van der Waals surface area (Å²) in [6.45, 7) is 3.56. The van der Waals surface area contributed by atoms with Crippen LogP contribution in [0.25, 0.3) is 0 Å². The molecule has 138 valence electrons. The SMILES string of the molecule is CCOC(=O)c1c(Nc2ccc(Cl)cc2)sc(C(=O)CC(=O)OC)c1C. The molecule has 0 bridgehead atoms. The second kappa shape index (κ2) is 8.82. The number of thiophene rings is 1. The lowest BCUT2D eigenvalue weighted by molar-refractivity contribution is -0.139. The van der Waals surface area contributed by atoms with E-state index < -0.39 is 17.7 Å². The second-order valence-electron chi connectivity index (χ2n) is 5.29. The van der Waals surface area contributed by atoms with Crippen LogP contribution in [0.15, 0.2) is 24.3 Å². The Hall–Kier alpha value is -2.38. The number of esters is 2. The molecule has 1 aromatic carbocycles. The molecule has 26 heavy (non-hydrogen) atoms. The Morgan fingerprint density at radius 3 is 2.42 bits per heavy atom. The van der Waals surface area contributed by atoms with Crippen molar-refractivity contribution in [2.45, 2.75) is 20.3 Å². The molecule has 2 rings (SSSR count). The third-order valence-corrected chi connectivity index (χ3v) is 5.01. The number of ether oxygens (including phenoxy) is 2. The summed E-state index contributed by atoms with van der Waals surface area (Å²) in [7, 11) is 1.22. The highest BCUT2D eigenvalue weighted by Crippen LogP contribution is 2.36. The highest BCUT2D eigenvalue weighted by Gasteiger charge is 2.26. The Labute approximate surface area is 160 Å². The third-order valence-electron chi connectivity index (χ3n) is 3.51. The fourth-order valence-electron chi connectivity index (χ4n) is 2.26. The minimum Gasteiger partial charge on any atom is -0.469 e. The largest absolute Gasteiger partial charge is 0.469 e. The van der Waals surface area contributed by atoms with Crippen molar-refractivity contribution in [2.75, 3.05) is 19.0 Å². The van der Waals surface area contributed by atoms with Gasteiger partial charge >= 0.3 is 11.9 Å². The number of halogens is 1. The molecular formula is C18H18ClNO5S. The summed E-state index contributed by atoms with van der Waals surface area (Å²) in [6.07, 6.45) is -0.388. The lowest BCUT2D eigenvalue weighted by Gasteiger charge is -2.08. The summed E-state index contributed by atoms with van der Waals surface area (Å²) in [5.41, 5.74) is 1.45. The van der Waals surface area contributed by atoms with Crippen molar-refractivity contribution in [2.24, 2.45) is 0 Å². The first-order valence-corrected chi connectivity index (χ1v) is 8.99. The minimum atomic E-state index is -0.632. The highest BCUT2D eigenvalue weighted by molar-refractivity contribution is 7.18. The lowest BCUT2D eigenvalue weighted by atomic mass is 10.1. The van der Waals surface area contributed by atoms with Crippen molar-refractivity contribution in [3.05, 3.63) is 45.3 Å². The summed E-state index contributed by atoms with van der Waals surface area (Å²) in [5.74, 6) is -1.57. The van der Waals surface area contributed by atoms with Crippen LogP contribution in [-0.4, -0.2) is 31.4 Å². The van der Waals surface area contributed by atoms with E-state index in [1.807, 2.05) is 0 Å². The van der Waals surface area contributed by atoms with E-state index in [0.29, 0.717) is 26.2 Å². The maximum atomic E-state index is 12.4. The molecule has 2 aromatic rings. The molecule has 0 aliphatic carbocycles. The van der Waals surface area contributed by atoms with Crippen LogP contribution in [0.5, 0.6) is 0 Å². The van der Waals surface area contributed by atoms with E-state index in [4.69, 9.17) is 16.3 Å². The van der Waals surface area contributed by atoms with Crippen molar-refractivity contribution in [3.63, 3.8) is 0 Å². The highest BCUT2D eigenvalue weighted by atomic mass is 35.5. The summed E-state index contributed by atoms with van der Waals surface area (Å²) in [6, 6.07) is 6.92. The quantitative estimate of drug-likeness (QED) is 0.425. The number of methoxy groups -OCH3 is 1. The molecule has 0 aliphatic rings. The van der Waals surface area contributed by atoms with Crippen LogP contribution >= 0.6 is 22.9 Å². The van der Waals surface area contributed by atoms with Crippen molar-refractivity contribution in [3.8, 4) is 0 Å². The molecule has 0 amide bonds. The van der Waals surface area contributed by atoms with Gasteiger partial charge in [-0.25, -0.2) is 4.79 Å². The first-order valence-electron chi connectivity index (χ1n) is 7.80. The van der Waals surface area contributed by atoms with Crippen LogP contribution < -0.4 is 5.32 Å². The Balaban J connectivity index is 2.42. The predicted molar refractivity (Wildman–Crippen MR) is 101 cm³/mol. The molecule has 0 atom stereocenters. The molecule has 6 nitrogen and oxygen atoms in total. The van der Waals surface area contributed by atoms with Crippen LogP contribution in [0.2, 0.25) is 5.02 Å². The third kappa shape index (κ3) is 4.62. The molecule has 0 radical (unpaired) electrons. The van der Waals surface area contributed by atoms with Gasteiger partial charge in [0.2, 0.25) is 0 Å². The van der Waals surface area contributed by atoms with E-state index in [1.165, 1.54) is 7.11 Å². The number of benzene rings is 1. The molecule has 0 spiro atoms. The molecule has 0 fully saturated rings. The summed E-state index contributed by atoms with van der Waals surface area (Å²) < 4.78 is 9.64. The van der Waals surface area contributed by atoms with Crippen molar-refractivity contribution < 1.29 is 23.9 Å². The molecule has 1 aromatic heterocycles. The summed E-state index contributed by atoms with van der Waals surface area (Å²) in [5, 5.41) is 4.16. The normalized spacial score (nSPS) is 10.3. The number of hydrogen-bond donors (Lipinski definition) is 1. The lowest BCUT2D eigenvalue weighted by Crippen LogP contribution is -2.11. The predicted octanol–water partition coefficient (Wildman–Crippen LogP) is 4.38. The Morgan fingerprint density at radius 1 is 1.19 bits per heavy atom. The van der Waals surface area contributed by atoms with Gasteiger partial charge in [0.1, 0.15) is 11.4 Å². The Morgan fingerprint density at radius 2 is 1.85 bits per heavy atom. The van der Waals surface area contributed by atoms with Gasteiger partial charge in [0.25, 0.3) is 0 Å². The smallest absolute Gasteiger partial charge is 0.341 e. The zero-order chi connectivity index (χ0) is 19.3. The Kier molecular flexibility index (Phi) is 6.76. The fraction of sp³-hybridized carbons (Fsp3) is 0.278. The van der Waals surface area contributed by atoms with Crippen molar-refractivity contribution in [1.82, 2.24) is 0 Å². The van der Waals surface area contributed by atoms with Gasteiger partial charge in [0, 0.05) is 10.7 Å². The number of anilines is 2. The first kappa shape index (κ1) is 19.9. The van der Waals surface area contributed by atoms with Gasteiger partial charge in [-0.1, -0.05) is 11.6 Å². The fourth-order valence-corrected chi connectivity index (χ4v) is 3.54. The van der Waals surface area contributed by atoms with Gasteiger partial charge in [-0.3, -0.25) is 9.59 Å². The first-order chi connectivity index (χ1) is 12.4. The molecule has 1 heterocycles. The van der Waals surface area contributed by atoms with Crippen molar-refractivity contribution in [1.29, 1.82) is 0 Å². The number of rotatable bonds is 7. The van der Waals surface area contributed by atoms with Crippen LogP contribution in [0.3, 0.4) is 0 Å². The number of carbonyl (C=O) groups is 3. The van der Waals surface area contributed by atoms with E-state index in [-0.39, 0.29) is 18.6 Å². The maximum Gasteiger partial charge on any atom is 0.341 e. The van der Waals surface area contributed by atoms with E-state index in [1.54, 1.807) is 38.1 Å². The molecular weight excluding hydrogens is 378 g/mol. The molecule has 0 saturated heterocycles. The van der Waals surface area contributed by atoms with Gasteiger partial charge in [-0.15, -0.1) is 11.3 Å². The van der Waals surface area contributed by atoms with Gasteiger partial charge in [-0.2, -0.15) is 0 Å². The molecule has 0 saturated carbocycles. The molecule has 8 heteroatoms. The zero-order valence-corrected chi connectivity index (χ0v) is 16.1. The van der Waals surface area contributed by atoms with E-state index in [0.717, 1.165) is 11.3 Å². The molecule has 0 aliphatic heterocycles. The van der Waals surface area contributed by atoms with E-state index in [9.17, 15) is 14.4 Å². The van der Waals surface area contributed by atoms with Crippen LogP contribution in [0.1, 0.15) is 38.9 Å². The average Bonchev–Trinajstić information content (AvgIpc) is 2.93. The maximum absolute atomic E-state index is 12.4. The van der Waals surface area contributed by atoms with Crippen LogP contribution in [-0.2, 0) is 14.3 Å². The number of nitrogens with one attached hydrogen (secondary N) is 1. The van der Waals surface area contributed by atoms with E-state index >= 15 is 0 Å². The van der Waals surface area contributed by atoms with Crippen LogP contribution in [0, 0.1) is 6.92 Å². The summed E-state index contributed by atoms with van der Waals surface area (Å²) >= 11 is 6.98. The zero-order valence-electron chi connectivity index (χ0n) is 14.6. The Bertz CT molecular complexity index is 829. The van der Waals surface area contributed by atoms with Crippen molar-refractivity contribution >= 4 is 51.3 Å². The van der Waals surface area contributed by atoms with E-state index in [2.05, 4.69) is 10.1 Å². The standard InChI is InChI=1S/C18H18ClNO5S/c1-4-25-18(23)15-10(2)16(13(21)9-14(22)24-3)26-17(15)20-12-7-5-11(19)6-8-12/h5-8,20H,4,9H2,1-3H3. The van der Waals surface area contributed by atoms with Crippen LogP contribution in [0.4, 0.5) is 10.7 Å². The topological polar surface area (TPSA) is 81.7 Å². The monoisotopic (exact) mass is 395 g/mol. The van der Waals surface area contributed by atoms with Gasteiger partial charge in [-0.05, 0) is 43.7 Å². The second-order valence-corrected chi connectivity index (χ2v) is 6.75. The molecule has 1 N–H and O–H groups in total. The minimum absolute atomic E-state index is 0.208. The van der Waals surface area contributed by atoms with Gasteiger partial charge < -0.3 is 14.8 Å². The number of ketones is 1. The number of carbonyl (C=O) groups excluding carboxylic acids is 3. The number of Topliss-reactive ketones (excluding diaryl/α,β-unsaturated/α-hetero) is 1. The number of hydrogen-bond acceptors (Lipinski definition) is 7.